The molecule has 0 atom stereocenters. The van der Waals surface area contributed by atoms with Gasteiger partial charge in [-0.1, -0.05) is 29.8 Å². The molecule has 0 aliphatic carbocycles. The number of carbonyl (C=O) groups excluding carboxylic acids is 2. The third-order valence-corrected chi connectivity index (χ3v) is 4.65. The van der Waals surface area contributed by atoms with Gasteiger partial charge < -0.3 is 10.4 Å². The van der Waals surface area contributed by atoms with E-state index in [4.69, 9.17) is 11.6 Å². The Kier molecular flexibility index (Phi) is 7.19. The van der Waals surface area contributed by atoms with Crippen molar-refractivity contribution in [2.45, 2.75) is 6.42 Å². The summed E-state index contributed by atoms with van der Waals surface area (Å²) in [6.45, 7) is 3.66. The Labute approximate surface area is 184 Å². The molecule has 0 bridgehead atoms. The van der Waals surface area contributed by atoms with Crippen LogP contribution < -0.4 is 10.7 Å². The van der Waals surface area contributed by atoms with Crippen LogP contribution in [-0.2, 0) is 6.42 Å². The van der Waals surface area contributed by atoms with E-state index in [1.165, 1.54) is 6.21 Å². The second-order valence-electron chi connectivity index (χ2n) is 6.59. The number of halogens is 1. The molecule has 0 saturated heterocycles. The van der Waals surface area contributed by atoms with Gasteiger partial charge in [0.25, 0.3) is 11.8 Å². The fourth-order valence-corrected chi connectivity index (χ4v) is 2.90. The number of carbonyl (C=O) groups is 2. The van der Waals surface area contributed by atoms with Crippen LogP contribution in [0.4, 0.5) is 5.69 Å². The number of hydrazone groups is 1. The fraction of sp³-hybridized carbons (Fsp3) is 0.0417. The average molecular weight is 434 g/mol. The number of aromatic hydroxyl groups is 1. The molecular formula is C24H20ClN3O3. The molecular weight excluding hydrogens is 414 g/mol. The first-order valence-corrected chi connectivity index (χ1v) is 9.78. The van der Waals surface area contributed by atoms with Gasteiger partial charge >= 0.3 is 0 Å². The second-order valence-corrected chi connectivity index (χ2v) is 7.02. The minimum atomic E-state index is -0.423. The van der Waals surface area contributed by atoms with E-state index < -0.39 is 5.91 Å². The van der Waals surface area contributed by atoms with Gasteiger partial charge in [-0.25, -0.2) is 5.43 Å². The largest absolute Gasteiger partial charge is 0.507 e. The van der Waals surface area contributed by atoms with Gasteiger partial charge in [-0.2, -0.15) is 5.10 Å². The van der Waals surface area contributed by atoms with Crippen molar-refractivity contribution >= 4 is 35.3 Å². The van der Waals surface area contributed by atoms with Gasteiger partial charge in [0.2, 0.25) is 0 Å². The number of anilines is 1. The Bertz CT molecular complexity index is 1120. The summed E-state index contributed by atoms with van der Waals surface area (Å²) in [7, 11) is 0. The van der Waals surface area contributed by atoms with Crippen LogP contribution in [0.25, 0.3) is 0 Å². The highest BCUT2D eigenvalue weighted by atomic mass is 35.5. The highest BCUT2D eigenvalue weighted by Crippen LogP contribution is 2.21. The lowest BCUT2D eigenvalue weighted by Gasteiger charge is -2.07. The number of para-hydroxylation sites is 1. The van der Waals surface area contributed by atoms with Gasteiger partial charge in [0.1, 0.15) is 5.75 Å². The van der Waals surface area contributed by atoms with Gasteiger partial charge in [0.05, 0.1) is 6.21 Å². The Morgan fingerprint density at radius 3 is 2.29 bits per heavy atom. The number of amides is 2. The Morgan fingerprint density at radius 1 is 0.968 bits per heavy atom. The molecule has 0 aliphatic heterocycles. The molecule has 31 heavy (non-hydrogen) atoms. The van der Waals surface area contributed by atoms with Crippen molar-refractivity contribution in [1.29, 1.82) is 0 Å². The quantitative estimate of drug-likeness (QED) is 0.284. The van der Waals surface area contributed by atoms with Crippen LogP contribution in [0.1, 0.15) is 31.8 Å². The maximum absolute atomic E-state index is 12.3. The van der Waals surface area contributed by atoms with E-state index in [-0.39, 0.29) is 11.7 Å². The topological polar surface area (TPSA) is 90.8 Å². The first-order valence-electron chi connectivity index (χ1n) is 9.40. The molecule has 0 aromatic heterocycles. The summed E-state index contributed by atoms with van der Waals surface area (Å²) in [6.07, 6.45) is 3.60. The number of hydrogen-bond donors (Lipinski definition) is 3. The minimum absolute atomic E-state index is 0.0983. The zero-order valence-corrected chi connectivity index (χ0v) is 17.3. The average Bonchev–Trinajstić information content (AvgIpc) is 2.77. The molecule has 0 unspecified atom stereocenters. The summed E-state index contributed by atoms with van der Waals surface area (Å²) < 4.78 is 0. The first-order chi connectivity index (χ1) is 15.0. The Balaban J connectivity index is 1.60. The van der Waals surface area contributed by atoms with Crippen LogP contribution in [0.5, 0.6) is 5.75 Å². The molecule has 0 spiro atoms. The number of rotatable bonds is 7. The summed E-state index contributed by atoms with van der Waals surface area (Å²) in [5.74, 6) is -0.605. The lowest BCUT2D eigenvalue weighted by molar-refractivity contribution is 0.0954. The van der Waals surface area contributed by atoms with Crippen molar-refractivity contribution in [1.82, 2.24) is 5.43 Å². The van der Waals surface area contributed by atoms with E-state index >= 15 is 0 Å². The van der Waals surface area contributed by atoms with Crippen LogP contribution in [0.3, 0.4) is 0 Å². The molecule has 3 aromatic carbocycles. The van der Waals surface area contributed by atoms with Crippen LogP contribution in [0.15, 0.2) is 84.5 Å². The maximum atomic E-state index is 12.3. The molecule has 3 rings (SSSR count). The Morgan fingerprint density at radius 2 is 1.61 bits per heavy atom. The number of nitrogens with one attached hydrogen (secondary N) is 2. The molecule has 0 radical (unpaired) electrons. The SMILES string of the molecule is C=CCc1cccc(/C=N\NC(=O)c2ccc(NC(=O)c3ccc(Cl)cc3)cc2)c1O. The fourth-order valence-electron chi connectivity index (χ4n) is 2.77. The first kappa shape index (κ1) is 21.8. The van der Waals surface area contributed by atoms with Crippen molar-refractivity contribution in [2.24, 2.45) is 5.10 Å². The molecule has 6 nitrogen and oxygen atoms in total. The predicted octanol–water partition coefficient (Wildman–Crippen LogP) is 4.79. The van der Waals surface area contributed by atoms with Gasteiger partial charge in [0, 0.05) is 27.4 Å². The number of phenols is 1. The highest BCUT2D eigenvalue weighted by Gasteiger charge is 2.08. The number of hydrogen-bond acceptors (Lipinski definition) is 4. The number of benzene rings is 3. The smallest absolute Gasteiger partial charge is 0.271 e. The van der Waals surface area contributed by atoms with E-state index in [9.17, 15) is 14.7 Å². The van der Waals surface area contributed by atoms with E-state index in [2.05, 4.69) is 22.4 Å². The lowest BCUT2D eigenvalue weighted by atomic mass is 10.1. The number of nitrogens with zero attached hydrogens (tertiary/aromatic N) is 1. The predicted molar refractivity (Wildman–Crippen MR) is 123 cm³/mol. The monoisotopic (exact) mass is 433 g/mol. The van der Waals surface area contributed by atoms with Crippen molar-refractivity contribution in [3.8, 4) is 5.75 Å². The van der Waals surface area contributed by atoms with Gasteiger partial charge in [-0.05, 0) is 66.6 Å². The summed E-state index contributed by atoms with van der Waals surface area (Å²) in [4.78, 5) is 24.5. The van der Waals surface area contributed by atoms with Gasteiger partial charge in [0.15, 0.2) is 0 Å². The summed E-state index contributed by atoms with van der Waals surface area (Å²) >= 11 is 5.83. The van der Waals surface area contributed by atoms with E-state index in [0.29, 0.717) is 33.8 Å². The van der Waals surface area contributed by atoms with Crippen molar-refractivity contribution in [2.75, 3.05) is 5.32 Å². The molecule has 0 aliphatic rings. The molecule has 2 amide bonds. The summed E-state index contributed by atoms with van der Waals surface area (Å²) in [5, 5.41) is 17.4. The highest BCUT2D eigenvalue weighted by molar-refractivity contribution is 6.30. The van der Waals surface area contributed by atoms with E-state index in [0.717, 1.165) is 5.56 Å². The number of phenolic OH excluding ortho intramolecular Hbond substituents is 1. The summed E-state index contributed by atoms with van der Waals surface area (Å²) in [5.41, 5.74) is 5.01. The second kappa shape index (κ2) is 10.2. The summed E-state index contributed by atoms with van der Waals surface area (Å²) in [6, 6.07) is 18.2. The zero-order valence-electron chi connectivity index (χ0n) is 16.5. The van der Waals surface area contributed by atoms with Crippen molar-refractivity contribution in [3.05, 3.63) is 107 Å². The lowest BCUT2D eigenvalue weighted by Crippen LogP contribution is -2.18. The molecule has 7 heteroatoms. The van der Waals surface area contributed by atoms with Crippen molar-refractivity contribution < 1.29 is 14.7 Å². The zero-order chi connectivity index (χ0) is 22.2. The minimum Gasteiger partial charge on any atom is -0.507 e. The molecule has 0 saturated carbocycles. The molecule has 0 heterocycles. The number of allylic oxidation sites excluding steroid dienone is 1. The molecule has 0 fully saturated rings. The maximum Gasteiger partial charge on any atom is 0.271 e. The van der Waals surface area contributed by atoms with E-state index in [1.54, 1.807) is 72.8 Å². The van der Waals surface area contributed by atoms with Crippen LogP contribution >= 0.6 is 11.6 Å². The van der Waals surface area contributed by atoms with Crippen LogP contribution in [0, 0.1) is 0 Å². The standard InChI is InChI=1S/C24H20ClN3O3/c1-2-4-16-5-3-6-19(22(16)29)15-26-28-24(31)18-9-13-21(14-10-18)27-23(30)17-7-11-20(25)12-8-17/h2-3,5-15,29H,1,4H2,(H,27,30)(H,28,31)/b26-15-. The third-order valence-electron chi connectivity index (χ3n) is 4.40. The van der Waals surface area contributed by atoms with Gasteiger partial charge in [-0.3, -0.25) is 9.59 Å². The normalized spacial score (nSPS) is 10.6. The third kappa shape index (κ3) is 5.81. The molecule has 156 valence electrons. The molecule has 3 N–H and O–H groups in total. The van der Waals surface area contributed by atoms with Gasteiger partial charge in [-0.15, -0.1) is 6.58 Å². The van der Waals surface area contributed by atoms with Crippen LogP contribution in [-0.4, -0.2) is 23.1 Å². The molecule has 3 aromatic rings. The van der Waals surface area contributed by atoms with E-state index in [1.807, 2.05) is 0 Å². The van der Waals surface area contributed by atoms with Crippen molar-refractivity contribution in [3.63, 3.8) is 0 Å². The Hall–Kier alpha value is -3.90. The van der Waals surface area contributed by atoms with Crippen LogP contribution in [0.2, 0.25) is 5.02 Å².